The first-order valence-electron chi connectivity index (χ1n) is 1.70. The summed E-state index contributed by atoms with van der Waals surface area (Å²) >= 11 is 0. The van der Waals surface area contributed by atoms with E-state index >= 15 is 0 Å². The molecule has 0 radical (unpaired) electrons. The van der Waals surface area contributed by atoms with Gasteiger partial charge in [0.1, 0.15) is 0 Å². The molecule has 0 saturated heterocycles. The van der Waals surface area contributed by atoms with Crippen LogP contribution in [0.3, 0.4) is 0 Å². The molecule has 1 heterocycles. The van der Waals surface area contributed by atoms with E-state index in [9.17, 15) is 9.59 Å². The van der Waals surface area contributed by atoms with E-state index in [0.717, 1.165) is 0 Å². The number of hydrogen-bond acceptors (Lipinski definition) is 2. The standard InChI is InChI=1S/C2O2P4/c3-1-5-7-2(4)8-6-1. The molecule has 0 fully saturated rings. The Kier molecular flexibility index (Phi) is 2.42. The minimum Gasteiger partial charge on any atom is -0.279 e. The fraction of sp³-hybridized carbons (Fsp3) is 0. The molecule has 0 atom stereocenters. The summed E-state index contributed by atoms with van der Waals surface area (Å²) in [5, 5.41) is 0.320. The van der Waals surface area contributed by atoms with Crippen molar-refractivity contribution < 1.29 is 9.59 Å². The quantitative estimate of drug-likeness (QED) is 0.530. The van der Waals surface area contributed by atoms with Gasteiger partial charge in [-0.1, -0.05) is 0 Å². The zero-order valence-corrected chi connectivity index (χ0v) is 7.18. The molecule has 0 N–H and O–H groups in total. The molecular formula is C2O2P4. The van der Waals surface area contributed by atoms with Crippen molar-refractivity contribution >= 4 is 42.0 Å². The van der Waals surface area contributed by atoms with Gasteiger partial charge in [-0.2, -0.15) is 0 Å². The Morgan fingerprint density at radius 1 is 0.750 bits per heavy atom. The fourth-order valence-corrected chi connectivity index (χ4v) is 6.39. The maximum Gasteiger partial charge on any atom is 0.238 e. The van der Waals surface area contributed by atoms with Crippen molar-refractivity contribution in [3.8, 4) is 0 Å². The SMILES string of the molecule is O=C1P=PC(=O)P=P1. The van der Waals surface area contributed by atoms with Crippen LogP contribution in [0.15, 0.2) is 0 Å². The van der Waals surface area contributed by atoms with E-state index in [1.165, 1.54) is 0 Å². The lowest BCUT2D eigenvalue weighted by molar-refractivity contribution is 0.275. The molecule has 1 aliphatic rings. The molecular weight excluding hydrogens is 180 g/mol. The van der Waals surface area contributed by atoms with Crippen molar-refractivity contribution in [2.45, 2.75) is 0 Å². The summed E-state index contributed by atoms with van der Waals surface area (Å²) in [7, 11) is 2.62. The molecule has 0 amide bonds. The Balaban J connectivity index is 2.83. The molecule has 1 rings (SSSR count). The third-order valence-corrected chi connectivity index (χ3v) is 7.20. The predicted octanol–water partition coefficient (Wildman–Crippen LogP) is 3.85. The highest BCUT2D eigenvalue weighted by molar-refractivity contribution is 8.26. The highest BCUT2D eigenvalue weighted by atomic mass is 31.8. The maximum atomic E-state index is 10.4. The highest BCUT2D eigenvalue weighted by Crippen LogP contribution is 2.40. The van der Waals surface area contributed by atoms with Crippen LogP contribution in [0.4, 0.5) is 9.59 Å². The molecule has 0 aromatic heterocycles. The Morgan fingerprint density at radius 3 is 1.25 bits per heavy atom. The minimum absolute atomic E-state index is 0.160. The molecule has 0 aromatic carbocycles. The van der Waals surface area contributed by atoms with Gasteiger partial charge in [0, 0.05) is 31.5 Å². The van der Waals surface area contributed by atoms with Gasteiger partial charge in [0.15, 0.2) is 0 Å². The van der Waals surface area contributed by atoms with E-state index in [4.69, 9.17) is 0 Å². The highest BCUT2D eigenvalue weighted by Gasteiger charge is 2.02. The van der Waals surface area contributed by atoms with E-state index in [0.29, 0.717) is 31.5 Å². The van der Waals surface area contributed by atoms with E-state index in [1.807, 2.05) is 0 Å². The average Bonchev–Trinajstić information content (AvgIpc) is 1.77. The molecule has 0 spiro atoms. The second-order valence-electron chi connectivity index (χ2n) is 0.965. The molecule has 0 unspecified atom stereocenters. The van der Waals surface area contributed by atoms with Crippen LogP contribution < -0.4 is 0 Å². The lowest BCUT2D eigenvalue weighted by Crippen LogP contribution is -1.63. The van der Waals surface area contributed by atoms with Crippen molar-refractivity contribution in [2.24, 2.45) is 0 Å². The molecule has 40 valence electrons. The topological polar surface area (TPSA) is 34.1 Å². The second kappa shape index (κ2) is 2.90. The van der Waals surface area contributed by atoms with Gasteiger partial charge in [0.25, 0.3) is 0 Å². The first-order chi connectivity index (χ1) is 3.79. The summed E-state index contributed by atoms with van der Waals surface area (Å²) in [6, 6.07) is 0. The van der Waals surface area contributed by atoms with Crippen LogP contribution in [0.25, 0.3) is 0 Å². The molecule has 1 aliphatic heterocycles. The minimum atomic E-state index is 0.160. The molecule has 0 saturated carbocycles. The molecule has 6 heteroatoms. The zero-order valence-electron chi connectivity index (χ0n) is 3.61. The van der Waals surface area contributed by atoms with E-state index in [1.54, 1.807) is 0 Å². The molecule has 0 bridgehead atoms. The van der Waals surface area contributed by atoms with Gasteiger partial charge in [0.05, 0.1) is 0 Å². The van der Waals surface area contributed by atoms with E-state index < -0.39 is 0 Å². The van der Waals surface area contributed by atoms with Gasteiger partial charge >= 0.3 is 0 Å². The predicted molar refractivity (Wildman–Crippen MR) is 38.5 cm³/mol. The van der Waals surface area contributed by atoms with Crippen LogP contribution in [0.5, 0.6) is 0 Å². The summed E-state index contributed by atoms with van der Waals surface area (Å²) in [6.45, 7) is 0. The normalized spacial score (nSPS) is 25.5. The van der Waals surface area contributed by atoms with Crippen molar-refractivity contribution in [3.63, 3.8) is 0 Å². The van der Waals surface area contributed by atoms with Gasteiger partial charge in [-0.15, -0.1) is 0 Å². The van der Waals surface area contributed by atoms with Crippen LogP contribution in [0, 0.1) is 0 Å². The van der Waals surface area contributed by atoms with Crippen LogP contribution in [0.2, 0.25) is 0 Å². The monoisotopic (exact) mass is 180 g/mol. The maximum absolute atomic E-state index is 10.4. The van der Waals surface area contributed by atoms with Crippen LogP contribution in [-0.4, -0.2) is 10.5 Å². The second-order valence-corrected chi connectivity index (χ2v) is 6.50. The zero-order chi connectivity index (χ0) is 5.98. The summed E-state index contributed by atoms with van der Waals surface area (Å²) < 4.78 is 0. The Hall–Kier alpha value is 0.540. The average molecular weight is 180 g/mol. The first kappa shape index (κ1) is 6.66. The number of carbonyl (C=O) groups is 2. The third-order valence-electron chi connectivity index (χ3n) is 0.442. The Labute approximate surface area is 52.3 Å². The van der Waals surface area contributed by atoms with Crippen LogP contribution >= 0.6 is 31.5 Å². The van der Waals surface area contributed by atoms with Crippen molar-refractivity contribution in [1.82, 2.24) is 0 Å². The van der Waals surface area contributed by atoms with Crippen LogP contribution in [0.1, 0.15) is 0 Å². The van der Waals surface area contributed by atoms with Gasteiger partial charge in [-0.05, 0) is 0 Å². The lowest BCUT2D eigenvalue weighted by Gasteiger charge is -1.83. The van der Waals surface area contributed by atoms with Crippen molar-refractivity contribution in [3.05, 3.63) is 0 Å². The Bertz CT molecular complexity index is 154. The summed E-state index contributed by atoms with van der Waals surface area (Å²) in [5.74, 6) is 0. The van der Waals surface area contributed by atoms with E-state index in [2.05, 4.69) is 0 Å². The van der Waals surface area contributed by atoms with Gasteiger partial charge in [0.2, 0.25) is 10.5 Å². The first-order valence-corrected chi connectivity index (χ1v) is 6.69. The molecule has 0 aliphatic carbocycles. The van der Waals surface area contributed by atoms with Crippen molar-refractivity contribution in [1.29, 1.82) is 0 Å². The molecule has 2 nitrogen and oxygen atoms in total. The Morgan fingerprint density at radius 2 is 1.00 bits per heavy atom. The number of rotatable bonds is 0. The molecule has 8 heavy (non-hydrogen) atoms. The fourth-order valence-electron chi connectivity index (χ4n) is 0.211. The lowest BCUT2D eigenvalue weighted by atomic mass is 11.8. The molecule has 0 aromatic rings. The van der Waals surface area contributed by atoms with Gasteiger partial charge in [-0.25, -0.2) is 0 Å². The van der Waals surface area contributed by atoms with Crippen molar-refractivity contribution in [2.75, 3.05) is 0 Å². The van der Waals surface area contributed by atoms with Crippen LogP contribution in [-0.2, 0) is 0 Å². The smallest absolute Gasteiger partial charge is 0.238 e. The van der Waals surface area contributed by atoms with Gasteiger partial charge < -0.3 is 0 Å². The summed E-state index contributed by atoms with van der Waals surface area (Å²) in [5.41, 5.74) is 0. The number of carbonyl (C=O) groups excluding carboxylic acids is 2. The largest absolute Gasteiger partial charge is 0.279 e. The summed E-state index contributed by atoms with van der Waals surface area (Å²) in [6.07, 6.45) is 0. The van der Waals surface area contributed by atoms with E-state index in [-0.39, 0.29) is 10.5 Å². The third kappa shape index (κ3) is 1.81. The summed E-state index contributed by atoms with van der Waals surface area (Å²) in [4.78, 5) is 20.8. The van der Waals surface area contributed by atoms with Gasteiger partial charge in [-0.3, -0.25) is 9.59 Å². The number of hydrogen-bond donors (Lipinski definition) is 0.